The van der Waals surface area contributed by atoms with Crippen molar-refractivity contribution in [1.82, 2.24) is 4.90 Å². The van der Waals surface area contributed by atoms with E-state index in [2.05, 4.69) is 6.07 Å². The van der Waals surface area contributed by atoms with Crippen LogP contribution in [-0.2, 0) is 16.0 Å². The van der Waals surface area contributed by atoms with Crippen molar-refractivity contribution in [3.05, 3.63) is 59.7 Å². The number of hydrogen-bond acceptors (Lipinski definition) is 5. The zero-order valence-corrected chi connectivity index (χ0v) is 19.3. The fourth-order valence-electron chi connectivity index (χ4n) is 4.46. The van der Waals surface area contributed by atoms with Gasteiger partial charge in [-0.2, -0.15) is 0 Å². The molecule has 2 aromatic rings. The van der Waals surface area contributed by atoms with E-state index in [-0.39, 0.29) is 23.0 Å². The van der Waals surface area contributed by atoms with Gasteiger partial charge in [0, 0.05) is 17.8 Å². The van der Waals surface area contributed by atoms with Crippen molar-refractivity contribution in [2.75, 3.05) is 11.4 Å². The maximum Gasteiger partial charge on any atom is 0.259 e. The summed E-state index contributed by atoms with van der Waals surface area (Å²) in [6.45, 7) is 6.70. The first kappa shape index (κ1) is 20.9. The van der Waals surface area contributed by atoms with Gasteiger partial charge in [-0.3, -0.25) is 14.6 Å². The Hall–Kier alpha value is -2.93. The molecule has 6 nitrogen and oxygen atoms in total. The van der Waals surface area contributed by atoms with Crippen LogP contribution in [0.3, 0.4) is 0 Å². The molecule has 0 aromatic heterocycles. The summed E-state index contributed by atoms with van der Waals surface area (Å²) in [7, 11) is 0. The van der Waals surface area contributed by atoms with Crippen LogP contribution < -0.4 is 4.90 Å². The zero-order valence-electron chi connectivity index (χ0n) is 18.5. The summed E-state index contributed by atoms with van der Waals surface area (Å²) in [6, 6.07) is 15.4. The van der Waals surface area contributed by atoms with Crippen LogP contribution in [0.1, 0.15) is 38.3 Å². The predicted molar refractivity (Wildman–Crippen MR) is 130 cm³/mol. The molecular weight excluding hydrogens is 420 g/mol. The Morgan fingerprint density at radius 3 is 2.69 bits per heavy atom. The number of para-hydroxylation sites is 2. The molecule has 2 aromatic carbocycles. The molecule has 3 aliphatic rings. The van der Waals surface area contributed by atoms with E-state index in [4.69, 9.17) is 9.98 Å². The van der Waals surface area contributed by atoms with Crippen molar-refractivity contribution >= 4 is 46.0 Å². The Balaban J connectivity index is 1.47. The van der Waals surface area contributed by atoms with Gasteiger partial charge in [0.1, 0.15) is 11.9 Å². The number of carbonyl (C=O) groups excluding carboxylic acids is 2. The maximum absolute atomic E-state index is 13.5. The van der Waals surface area contributed by atoms with E-state index < -0.39 is 6.04 Å². The average Bonchev–Trinajstić information content (AvgIpc) is 3.39. The summed E-state index contributed by atoms with van der Waals surface area (Å²) in [6.07, 6.45) is 1.51. The van der Waals surface area contributed by atoms with Crippen molar-refractivity contribution in [3.63, 3.8) is 0 Å². The van der Waals surface area contributed by atoms with Crippen LogP contribution in [0.25, 0.3) is 0 Å². The lowest BCUT2D eigenvalue weighted by Crippen LogP contribution is -2.44. The number of rotatable bonds is 4. The highest BCUT2D eigenvalue weighted by Crippen LogP contribution is 2.37. The van der Waals surface area contributed by atoms with E-state index >= 15 is 0 Å². The number of carbonyl (C=O) groups is 2. The van der Waals surface area contributed by atoms with Crippen molar-refractivity contribution in [2.45, 2.75) is 44.9 Å². The number of amides is 2. The lowest BCUT2D eigenvalue weighted by atomic mass is 10.1. The number of nitrogens with zero attached hydrogens (tertiary/aromatic N) is 4. The minimum atomic E-state index is -0.428. The summed E-state index contributed by atoms with van der Waals surface area (Å²) < 4.78 is 0. The van der Waals surface area contributed by atoms with Crippen molar-refractivity contribution in [3.8, 4) is 0 Å². The fraction of sp³-hybridized carbons (Fsp3) is 0.360. The standard InChI is InChI=1S/C25H26N4O2S/c1-4-20(23(30)28-14-13-16-9-5-8-12-19(16)28)32-25-26-18-11-7-6-10-17(18)22-27-21(15(2)3)24(31)29(22)25/h5-12,15,20-21H,4,13-14H2,1-3H3/t20-,21-/m1/s1. The first-order valence-corrected chi connectivity index (χ1v) is 12.0. The molecular formula is C25H26N4O2S. The Labute approximate surface area is 192 Å². The molecule has 2 atom stereocenters. The molecule has 5 rings (SSSR count). The molecule has 164 valence electrons. The van der Waals surface area contributed by atoms with Crippen LogP contribution in [0.5, 0.6) is 0 Å². The lowest BCUT2D eigenvalue weighted by Gasteiger charge is -2.29. The van der Waals surface area contributed by atoms with Crippen molar-refractivity contribution in [1.29, 1.82) is 0 Å². The Kier molecular flexibility index (Phi) is 5.37. The molecule has 0 saturated carbocycles. The van der Waals surface area contributed by atoms with E-state index in [1.165, 1.54) is 17.3 Å². The molecule has 0 N–H and O–H groups in total. The van der Waals surface area contributed by atoms with E-state index in [9.17, 15) is 9.59 Å². The fourth-order valence-corrected chi connectivity index (χ4v) is 5.54. The molecule has 0 saturated heterocycles. The van der Waals surface area contributed by atoms with Gasteiger partial charge in [0.2, 0.25) is 5.91 Å². The third kappa shape index (κ3) is 3.35. The molecule has 32 heavy (non-hydrogen) atoms. The van der Waals surface area contributed by atoms with Gasteiger partial charge in [0.05, 0.1) is 10.9 Å². The summed E-state index contributed by atoms with van der Waals surface area (Å²) in [5, 5.41) is 0.209. The van der Waals surface area contributed by atoms with Gasteiger partial charge in [-0.15, -0.1) is 0 Å². The van der Waals surface area contributed by atoms with Crippen LogP contribution in [0.4, 0.5) is 11.4 Å². The lowest BCUT2D eigenvalue weighted by molar-refractivity contribution is -0.125. The van der Waals surface area contributed by atoms with Crippen LogP contribution in [0, 0.1) is 5.92 Å². The van der Waals surface area contributed by atoms with Gasteiger partial charge < -0.3 is 4.90 Å². The highest BCUT2D eigenvalue weighted by molar-refractivity contribution is 8.15. The molecule has 3 aliphatic heterocycles. The SMILES string of the molecule is CC[C@@H](SC1=Nc2ccccc2C2=N[C@H](C(C)C)C(=O)N12)C(=O)N1CCc2ccccc21. The van der Waals surface area contributed by atoms with Crippen LogP contribution in [-0.4, -0.2) is 45.6 Å². The highest BCUT2D eigenvalue weighted by Gasteiger charge is 2.43. The molecule has 0 aliphatic carbocycles. The van der Waals surface area contributed by atoms with E-state index in [0.717, 1.165) is 23.4 Å². The Bertz CT molecular complexity index is 1160. The monoisotopic (exact) mass is 446 g/mol. The van der Waals surface area contributed by atoms with Gasteiger partial charge in [-0.05, 0) is 42.5 Å². The average molecular weight is 447 g/mol. The van der Waals surface area contributed by atoms with Gasteiger partial charge >= 0.3 is 0 Å². The third-order valence-corrected chi connectivity index (χ3v) is 7.48. The Morgan fingerprint density at radius 2 is 1.91 bits per heavy atom. The second kappa shape index (κ2) is 8.20. The van der Waals surface area contributed by atoms with Gasteiger partial charge in [-0.1, -0.05) is 62.9 Å². The quantitative estimate of drug-likeness (QED) is 0.699. The molecule has 7 heteroatoms. The largest absolute Gasteiger partial charge is 0.311 e. The number of thioether (sulfide) groups is 1. The summed E-state index contributed by atoms with van der Waals surface area (Å²) in [5.41, 5.74) is 3.85. The van der Waals surface area contributed by atoms with E-state index in [1.54, 1.807) is 4.90 Å². The number of hydrogen-bond donors (Lipinski definition) is 0. The molecule has 0 bridgehead atoms. The molecule has 0 radical (unpaired) electrons. The summed E-state index contributed by atoms with van der Waals surface area (Å²) >= 11 is 1.38. The normalized spacial score (nSPS) is 20.0. The van der Waals surface area contributed by atoms with Crippen molar-refractivity contribution < 1.29 is 9.59 Å². The van der Waals surface area contributed by atoms with E-state index in [1.807, 2.05) is 68.1 Å². The molecule has 2 amide bonds. The second-order valence-electron chi connectivity index (χ2n) is 8.61. The summed E-state index contributed by atoms with van der Waals surface area (Å²) in [4.78, 5) is 39.9. The first-order valence-electron chi connectivity index (χ1n) is 11.2. The van der Waals surface area contributed by atoms with E-state index in [0.29, 0.717) is 24.0 Å². The minimum absolute atomic E-state index is 0.0644. The third-order valence-electron chi connectivity index (χ3n) is 6.18. The number of amidine groups is 2. The first-order chi connectivity index (χ1) is 15.5. The number of benzene rings is 2. The van der Waals surface area contributed by atoms with Gasteiger partial charge in [-0.25, -0.2) is 9.89 Å². The summed E-state index contributed by atoms with van der Waals surface area (Å²) in [5.74, 6) is 0.735. The zero-order chi connectivity index (χ0) is 22.4. The van der Waals surface area contributed by atoms with Crippen molar-refractivity contribution in [2.24, 2.45) is 15.9 Å². The maximum atomic E-state index is 13.5. The smallest absolute Gasteiger partial charge is 0.259 e. The highest BCUT2D eigenvalue weighted by atomic mass is 32.2. The second-order valence-corrected chi connectivity index (χ2v) is 9.78. The van der Waals surface area contributed by atoms with Crippen LogP contribution in [0.2, 0.25) is 0 Å². The van der Waals surface area contributed by atoms with Gasteiger partial charge in [0.25, 0.3) is 5.91 Å². The molecule has 0 unspecified atom stereocenters. The number of aliphatic imine (C=N–C) groups is 2. The predicted octanol–water partition coefficient (Wildman–Crippen LogP) is 4.40. The number of fused-ring (bicyclic) bond motifs is 4. The number of anilines is 1. The molecule has 3 heterocycles. The minimum Gasteiger partial charge on any atom is -0.311 e. The Morgan fingerprint density at radius 1 is 1.16 bits per heavy atom. The van der Waals surface area contributed by atoms with Crippen LogP contribution >= 0.6 is 11.8 Å². The molecule has 0 spiro atoms. The molecule has 0 fully saturated rings. The topological polar surface area (TPSA) is 65.3 Å². The van der Waals surface area contributed by atoms with Gasteiger partial charge in [0.15, 0.2) is 5.17 Å². The van der Waals surface area contributed by atoms with Crippen LogP contribution in [0.15, 0.2) is 58.5 Å².